The maximum Gasteiger partial charge on any atom is 0.0224 e. The molecule has 2 saturated heterocycles. The molecule has 0 radical (unpaired) electrons. The monoisotopic (exact) mass is 153 g/mol. The Morgan fingerprint density at radius 2 is 2.09 bits per heavy atom. The number of rotatable bonds is 2. The summed E-state index contributed by atoms with van der Waals surface area (Å²) in [6.45, 7) is 7.46. The first-order valence-corrected chi connectivity index (χ1v) is 4.98. The lowest BCUT2D eigenvalue weighted by atomic mass is 9.78. The minimum Gasteiger partial charge on any atom is -0.298 e. The summed E-state index contributed by atoms with van der Waals surface area (Å²) in [5.74, 6) is 0.885. The molecule has 0 N–H and O–H groups in total. The molecule has 0 aromatic heterocycles. The van der Waals surface area contributed by atoms with Crippen LogP contribution in [0.1, 0.15) is 39.5 Å². The molecule has 0 spiro atoms. The lowest BCUT2D eigenvalue weighted by Gasteiger charge is -2.49. The second-order valence-corrected chi connectivity index (χ2v) is 4.66. The summed E-state index contributed by atoms with van der Waals surface area (Å²) in [7, 11) is 0. The van der Waals surface area contributed by atoms with Gasteiger partial charge in [0.15, 0.2) is 0 Å². The highest BCUT2D eigenvalue weighted by molar-refractivity contribution is 5.03. The van der Waals surface area contributed by atoms with Gasteiger partial charge in [0.25, 0.3) is 0 Å². The van der Waals surface area contributed by atoms with Gasteiger partial charge < -0.3 is 0 Å². The highest BCUT2D eigenvalue weighted by Gasteiger charge is 2.47. The Morgan fingerprint density at radius 1 is 1.27 bits per heavy atom. The molecule has 2 aliphatic heterocycles. The van der Waals surface area contributed by atoms with Crippen molar-refractivity contribution in [3.63, 3.8) is 0 Å². The zero-order valence-corrected chi connectivity index (χ0v) is 7.77. The summed E-state index contributed by atoms with van der Waals surface area (Å²) in [6.07, 6.45) is 5.84. The lowest BCUT2D eigenvalue weighted by Crippen LogP contribution is -2.56. The predicted octanol–water partition coefficient (Wildman–Crippen LogP) is 2.27. The van der Waals surface area contributed by atoms with Gasteiger partial charge in [-0.05, 0) is 38.1 Å². The highest BCUT2D eigenvalue weighted by atomic mass is 15.3. The van der Waals surface area contributed by atoms with E-state index in [1.54, 1.807) is 0 Å². The van der Waals surface area contributed by atoms with E-state index in [0.717, 1.165) is 5.92 Å². The summed E-state index contributed by atoms with van der Waals surface area (Å²) in [6, 6.07) is 0. The van der Waals surface area contributed by atoms with E-state index in [4.69, 9.17) is 0 Å². The zero-order chi connectivity index (χ0) is 7.90. The van der Waals surface area contributed by atoms with Gasteiger partial charge in [-0.3, -0.25) is 4.90 Å². The Morgan fingerprint density at radius 3 is 2.55 bits per heavy atom. The summed E-state index contributed by atoms with van der Waals surface area (Å²) in [5.41, 5.74) is 0.689. The summed E-state index contributed by atoms with van der Waals surface area (Å²) >= 11 is 0. The van der Waals surface area contributed by atoms with Crippen molar-refractivity contribution >= 4 is 0 Å². The Bertz CT molecular complexity index is 153. The van der Waals surface area contributed by atoms with Gasteiger partial charge in [0.1, 0.15) is 0 Å². The van der Waals surface area contributed by atoms with Crippen molar-refractivity contribution in [2.45, 2.75) is 45.1 Å². The Hall–Kier alpha value is -0.0400. The van der Waals surface area contributed by atoms with Crippen LogP contribution >= 0.6 is 0 Å². The van der Waals surface area contributed by atoms with Crippen LogP contribution in [0.3, 0.4) is 0 Å². The first kappa shape index (κ1) is 7.60. The minimum absolute atomic E-state index is 0.689. The second kappa shape index (κ2) is 2.48. The maximum absolute atomic E-state index is 2.70. The van der Waals surface area contributed by atoms with E-state index in [1.807, 2.05) is 0 Å². The van der Waals surface area contributed by atoms with Crippen LogP contribution in [0.15, 0.2) is 0 Å². The van der Waals surface area contributed by atoms with Crippen LogP contribution in [0.2, 0.25) is 0 Å². The zero-order valence-electron chi connectivity index (χ0n) is 7.77. The molecule has 1 heteroatoms. The molecular weight excluding hydrogens is 134 g/mol. The summed E-state index contributed by atoms with van der Waals surface area (Å²) in [5, 5.41) is 0. The van der Waals surface area contributed by atoms with Crippen LogP contribution in [0.25, 0.3) is 0 Å². The van der Waals surface area contributed by atoms with E-state index < -0.39 is 0 Å². The quantitative estimate of drug-likeness (QED) is 0.588. The fraction of sp³-hybridized carbons (Fsp3) is 1.00. The van der Waals surface area contributed by atoms with Crippen molar-refractivity contribution < 1.29 is 0 Å². The van der Waals surface area contributed by atoms with Gasteiger partial charge in [-0.2, -0.15) is 0 Å². The normalized spacial score (nSPS) is 37.4. The van der Waals surface area contributed by atoms with Crippen LogP contribution < -0.4 is 0 Å². The van der Waals surface area contributed by atoms with Crippen molar-refractivity contribution in [3.8, 4) is 0 Å². The molecule has 2 heterocycles. The van der Waals surface area contributed by atoms with E-state index in [1.165, 1.54) is 38.8 Å². The first-order chi connectivity index (χ1) is 5.23. The maximum atomic E-state index is 2.70. The Kier molecular flexibility index (Phi) is 1.71. The number of fused-ring (bicyclic) bond motifs is 1. The van der Waals surface area contributed by atoms with Crippen molar-refractivity contribution in [2.24, 2.45) is 5.92 Å². The molecule has 64 valence electrons. The van der Waals surface area contributed by atoms with Gasteiger partial charge >= 0.3 is 0 Å². The molecule has 1 unspecified atom stereocenters. The average molecular weight is 153 g/mol. The van der Waals surface area contributed by atoms with Gasteiger partial charge in [-0.15, -0.1) is 0 Å². The molecule has 0 bridgehead atoms. The van der Waals surface area contributed by atoms with Crippen LogP contribution in [0.5, 0.6) is 0 Å². The van der Waals surface area contributed by atoms with E-state index >= 15 is 0 Å². The smallest absolute Gasteiger partial charge is 0.0224 e. The Labute approximate surface area is 69.8 Å². The van der Waals surface area contributed by atoms with Crippen molar-refractivity contribution in [1.82, 2.24) is 4.90 Å². The molecular formula is C10H19N. The van der Waals surface area contributed by atoms with Crippen LogP contribution in [-0.2, 0) is 0 Å². The molecule has 1 atom stereocenters. The third-order valence-corrected chi connectivity index (χ3v) is 3.38. The van der Waals surface area contributed by atoms with Crippen molar-refractivity contribution in [1.29, 1.82) is 0 Å². The van der Waals surface area contributed by atoms with Crippen molar-refractivity contribution in [3.05, 3.63) is 0 Å². The number of hydrogen-bond donors (Lipinski definition) is 0. The molecule has 2 fully saturated rings. The molecule has 0 aromatic carbocycles. The van der Waals surface area contributed by atoms with Gasteiger partial charge in [-0.25, -0.2) is 0 Å². The second-order valence-electron chi connectivity index (χ2n) is 4.66. The molecule has 0 aliphatic carbocycles. The lowest BCUT2D eigenvalue weighted by molar-refractivity contribution is 0.0101. The predicted molar refractivity (Wildman–Crippen MR) is 47.6 cm³/mol. The third kappa shape index (κ3) is 1.10. The molecule has 0 saturated carbocycles. The van der Waals surface area contributed by atoms with Crippen LogP contribution in [0, 0.1) is 5.92 Å². The fourth-order valence-electron chi connectivity index (χ4n) is 2.91. The SMILES string of the molecule is CC(C)CC12CCCN1CC2. The van der Waals surface area contributed by atoms with Crippen molar-refractivity contribution in [2.75, 3.05) is 13.1 Å². The molecule has 0 aromatic rings. The van der Waals surface area contributed by atoms with Gasteiger partial charge in [0.05, 0.1) is 0 Å². The molecule has 0 amide bonds. The number of hydrogen-bond acceptors (Lipinski definition) is 1. The van der Waals surface area contributed by atoms with Gasteiger partial charge in [0.2, 0.25) is 0 Å². The molecule has 11 heavy (non-hydrogen) atoms. The minimum atomic E-state index is 0.689. The molecule has 2 rings (SSSR count). The Balaban J connectivity index is 1.98. The molecule has 1 nitrogen and oxygen atoms in total. The van der Waals surface area contributed by atoms with E-state index in [2.05, 4.69) is 18.7 Å². The van der Waals surface area contributed by atoms with Crippen LogP contribution in [-0.4, -0.2) is 23.5 Å². The standard InChI is InChI=1S/C10H19N/c1-9(2)8-10-4-3-6-11(10)7-5-10/h9H,3-8H2,1-2H3. The van der Waals surface area contributed by atoms with Gasteiger partial charge in [0, 0.05) is 12.1 Å². The van der Waals surface area contributed by atoms with Crippen LogP contribution in [0.4, 0.5) is 0 Å². The summed E-state index contributed by atoms with van der Waals surface area (Å²) < 4.78 is 0. The van der Waals surface area contributed by atoms with E-state index in [0.29, 0.717) is 5.54 Å². The van der Waals surface area contributed by atoms with E-state index in [9.17, 15) is 0 Å². The largest absolute Gasteiger partial charge is 0.298 e. The van der Waals surface area contributed by atoms with Gasteiger partial charge in [-0.1, -0.05) is 13.8 Å². The first-order valence-electron chi connectivity index (χ1n) is 4.98. The topological polar surface area (TPSA) is 3.24 Å². The van der Waals surface area contributed by atoms with E-state index in [-0.39, 0.29) is 0 Å². The highest BCUT2D eigenvalue weighted by Crippen LogP contribution is 2.44. The average Bonchev–Trinajstić information content (AvgIpc) is 2.13. The molecule has 2 aliphatic rings. The fourth-order valence-corrected chi connectivity index (χ4v) is 2.91. The number of nitrogens with zero attached hydrogens (tertiary/aromatic N) is 1. The summed E-state index contributed by atoms with van der Waals surface area (Å²) in [4.78, 5) is 2.70. The third-order valence-electron chi connectivity index (χ3n) is 3.38.